The van der Waals surface area contributed by atoms with Gasteiger partial charge in [0.1, 0.15) is 0 Å². The number of hydrogen-bond donors (Lipinski definition) is 0. The van der Waals surface area contributed by atoms with Gasteiger partial charge in [-0.15, -0.1) is 0 Å². The lowest BCUT2D eigenvalue weighted by molar-refractivity contribution is -0.141. The molecule has 6 nitrogen and oxygen atoms in total. The molecule has 0 radical (unpaired) electrons. The van der Waals surface area contributed by atoms with Crippen LogP contribution >= 0.6 is 0 Å². The predicted octanol–water partition coefficient (Wildman–Crippen LogP) is 2.74. The van der Waals surface area contributed by atoms with E-state index in [0.29, 0.717) is 17.7 Å². The molecule has 0 saturated carbocycles. The van der Waals surface area contributed by atoms with E-state index in [1.807, 2.05) is 12.1 Å². The van der Waals surface area contributed by atoms with Crippen LogP contribution in [0.15, 0.2) is 36.7 Å². The number of hydrogen-bond acceptors (Lipinski definition) is 6. The molecular weight excluding hydrogens is 332 g/mol. The molecule has 2 aromatic heterocycles. The van der Waals surface area contributed by atoms with E-state index in [-0.39, 0.29) is 17.8 Å². The number of ether oxygens (including phenoxy) is 2. The van der Waals surface area contributed by atoms with Crippen LogP contribution in [0, 0.1) is 5.92 Å². The molecule has 3 heterocycles. The predicted molar refractivity (Wildman–Crippen MR) is 86.4 cm³/mol. The van der Waals surface area contributed by atoms with Gasteiger partial charge in [0.15, 0.2) is 0 Å². The molecule has 0 atom stereocenters. The number of carbonyl (C=O) groups excluding carboxylic acids is 1. The summed E-state index contributed by atoms with van der Waals surface area (Å²) in [6.07, 6.45) is 3.47. The van der Waals surface area contributed by atoms with Gasteiger partial charge in [0.25, 0.3) is 0 Å². The Kier molecular flexibility index (Phi) is 5.06. The van der Waals surface area contributed by atoms with E-state index in [1.54, 1.807) is 12.3 Å². The summed E-state index contributed by atoms with van der Waals surface area (Å²) in [7, 11) is 1.38. The van der Waals surface area contributed by atoms with Crippen LogP contribution in [0.4, 0.5) is 14.5 Å². The Balaban J connectivity index is 1.69. The van der Waals surface area contributed by atoms with E-state index in [4.69, 9.17) is 0 Å². The second-order valence-electron chi connectivity index (χ2n) is 5.71. The highest BCUT2D eigenvalue weighted by atomic mass is 19.3. The first-order valence-electron chi connectivity index (χ1n) is 7.74. The van der Waals surface area contributed by atoms with Crippen molar-refractivity contribution in [1.29, 1.82) is 0 Å². The fourth-order valence-corrected chi connectivity index (χ4v) is 2.73. The van der Waals surface area contributed by atoms with Crippen molar-refractivity contribution in [2.75, 3.05) is 25.1 Å². The van der Waals surface area contributed by atoms with Crippen LogP contribution in [0.25, 0.3) is 11.3 Å². The van der Waals surface area contributed by atoms with Gasteiger partial charge in [-0.05, 0) is 18.2 Å². The Morgan fingerprint density at radius 2 is 2.04 bits per heavy atom. The summed E-state index contributed by atoms with van der Waals surface area (Å²) in [6.45, 7) is -1.40. The minimum Gasteiger partial charge on any atom is -0.469 e. The van der Waals surface area contributed by atoms with Crippen molar-refractivity contribution in [3.8, 4) is 17.1 Å². The Labute approximate surface area is 143 Å². The zero-order valence-corrected chi connectivity index (χ0v) is 13.6. The van der Waals surface area contributed by atoms with Gasteiger partial charge in [-0.3, -0.25) is 9.78 Å². The van der Waals surface area contributed by atoms with Crippen molar-refractivity contribution >= 4 is 11.7 Å². The smallest absolute Gasteiger partial charge is 0.388 e. The lowest BCUT2D eigenvalue weighted by atomic mass is 9.95. The summed E-state index contributed by atoms with van der Waals surface area (Å²) in [5.41, 5.74) is 2.23. The molecule has 0 bridgehead atoms. The molecule has 132 valence electrons. The lowest BCUT2D eigenvalue weighted by Crippen LogP contribution is -2.47. The minimum absolute atomic E-state index is 0.151. The van der Waals surface area contributed by atoms with E-state index < -0.39 is 6.61 Å². The number of carbonyl (C=O) groups is 1. The molecule has 3 rings (SSSR count). The lowest BCUT2D eigenvalue weighted by Gasteiger charge is -2.40. The number of nitrogens with zero attached hydrogens (tertiary/aromatic N) is 3. The highest BCUT2D eigenvalue weighted by Crippen LogP contribution is 2.30. The molecular formula is C17H17F2N3O3. The zero-order chi connectivity index (χ0) is 17.8. The number of methoxy groups -OCH3 is 1. The second-order valence-corrected chi connectivity index (χ2v) is 5.71. The molecule has 2 aromatic rings. The van der Waals surface area contributed by atoms with Crippen LogP contribution in [0.5, 0.6) is 5.88 Å². The van der Waals surface area contributed by atoms with E-state index in [0.717, 1.165) is 18.8 Å². The number of pyridine rings is 2. The minimum atomic E-state index is -2.92. The van der Waals surface area contributed by atoms with Crippen LogP contribution < -0.4 is 9.64 Å². The van der Waals surface area contributed by atoms with Crippen LogP contribution in [-0.2, 0) is 9.53 Å². The van der Waals surface area contributed by atoms with Gasteiger partial charge in [-0.2, -0.15) is 8.78 Å². The van der Waals surface area contributed by atoms with Gasteiger partial charge >= 0.3 is 12.6 Å². The quantitative estimate of drug-likeness (QED) is 0.747. The topological polar surface area (TPSA) is 64.5 Å². The molecule has 1 aliphatic heterocycles. The summed E-state index contributed by atoms with van der Waals surface area (Å²) in [5, 5.41) is 0. The highest BCUT2D eigenvalue weighted by molar-refractivity contribution is 5.70. The van der Waals surface area contributed by atoms with Crippen molar-refractivity contribution in [3.63, 3.8) is 0 Å². The van der Waals surface area contributed by atoms with Crippen molar-refractivity contribution in [1.82, 2.24) is 9.97 Å². The van der Waals surface area contributed by atoms with Crippen molar-refractivity contribution in [2.45, 2.75) is 13.0 Å². The van der Waals surface area contributed by atoms with Gasteiger partial charge < -0.3 is 14.4 Å². The summed E-state index contributed by atoms with van der Waals surface area (Å²) >= 11 is 0. The maximum atomic E-state index is 12.3. The maximum absolute atomic E-state index is 12.3. The average Bonchev–Trinajstić information content (AvgIpc) is 2.57. The van der Waals surface area contributed by atoms with Crippen molar-refractivity contribution in [2.24, 2.45) is 5.92 Å². The normalized spacial score (nSPS) is 14.3. The standard InChI is InChI=1S/C17H17F2N3O3/c1-24-16(23)6-11-9-22(10-11)13-3-5-20-14(8-13)12-2-4-21-15(7-12)25-17(18)19/h2-5,7-8,11,17H,6,9-10H2,1H3. The van der Waals surface area contributed by atoms with E-state index in [9.17, 15) is 13.6 Å². The van der Waals surface area contributed by atoms with Crippen molar-refractivity contribution in [3.05, 3.63) is 36.7 Å². The molecule has 0 aliphatic carbocycles. The van der Waals surface area contributed by atoms with Crippen LogP contribution in [0.2, 0.25) is 0 Å². The Hall–Kier alpha value is -2.77. The first kappa shape index (κ1) is 17.1. The first-order valence-corrected chi connectivity index (χ1v) is 7.74. The molecule has 0 N–H and O–H groups in total. The Morgan fingerprint density at radius 1 is 1.28 bits per heavy atom. The molecule has 0 aromatic carbocycles. The number of anilines is 1. The maximum Gasteiger partial charge on any atom is 0.388 e. The van der Waals surface area contributed by atoms with Gasteiger partial charge in [-0.25, -0.2) is 4.98 Å². The fraction of sp³-hybridized carbons (Fsp3) is 0.353. The Bertz CT molecular complexity index is 751. The van der Waals surface area contributed by atoms with Crippen LogP contribution in [0.1, 0.15) is 6.42 Å². The monoisotopic (exact) mass is 349 g/mol. The van der Waals surface area contributed by atoms with Gasteiger partial charge in [0.2, 0.25) is 5.88 Å². The fourth-order valence-electron chi connectivity index (χ4n) is 2.73. The van der Waals surface area contributed by atoms with Crippen molar-refractivity contribution < 1.29 is 23.0 Å². The number of esters is 1. The third kappa shape index (κ3) is 4.20. The second kappa shape index (κ2) is 7.42. The highest BCUT2D eigenvalue weighted by Gasteiger charge is 2.29. The molecule has 0 unspecified atom stereocenters. The molecule has 1 fully saturated rings. The average molecular weight is 349 g/mol. The number of aromatic nitrogens is 2. The Morgan fingerprint density at radius 3 is 2.76 bits per heavy atom. The van der Waals surface area contributed by atoms with Gasteiger partial charge in [-0.1, -0.05) is 0 Å². The third-order valence-electron chi connectivity index (χ3n) is 3.99. The zero-order valence-electron chi connectivity index (χ0n) is 13.6. The summed E-state index contributed by atoms with van der Waals surface area (Å²) in [5.74, 6) is -0.0822. The molecule has 1 saturated heterocycles. The molecule has 0 spiro atoms. The number of alkyl halides is 2. The summed E-state index contributed by atoms with van der Waals surface area (Å²) < 4.78 is 33.6. The molecule has 0 amide bonds. The number of halogens is 2. The summed E-state index contributed by atoms with van der Waals surface area (Å²) in [6, 6.07) is 6.85. The van der Waals surface area contributed by atoms with Gasteiger partial charge in [0.05, 0.1) is 19.2 Å². The largest absolute Gasteiger partial charge is 0.469 e. The number of rotatable bonds is 6. The van der Waals surface area contributed by atoms with Gasteiger partial charge in [0, 0.05) is 48.7 Å². The summed E-state index contributed by atoms with van der Waals surface area (Å²) in [4.78, 5) is 21.4. The SMILES string of the molecule is COC(=O)CC1CN(c2ccnc(-c3ccnc(OC(F)F)c3)c2)C1. The molecule has 8 heteroatoms. The first-order chi connectivity index (χ1) is 12.0. The van der Waals surface area contributed by atoms with E-state index in [2.05, 4.69) is 24.3 Å². The van der Waals surface area contributed by atoms with Crippen LogP contribution in [0.3, 0.4) is 0 Å². The molecule has 25 heavy (non-hydrogen) atoms. The third-order valence-corrected chi connectivity index (χ3v) is 3.99. The van der Waals surface area contributed by atoms with Crippen LogP contribution in [-0.4, -0.2) is 42.7 Å². The van der Waals surface area contributed by atoms with E-state index in [1.165, 1.54) is 19.4 Å². The van der Waals surface area contributed by atoms with E-state index >= 15 is 0 Å². The molecule has 1 aliphatic rings.